The molecule has 0 radical (unpaired) electrons. The topological polar surface area (TPSA) is 30.5 Å². The lowest BCUT2D eigenvalue weighted by molar-refractivity contribution is -0.175. The van der Waals surface area contributed by atoms with Crippen LogP contribution < -0.4 is 10.1 Å². The van der Waals surface area contributed by atoms with Gasteiger partial charge in [0, 0.05) is 5.56 Å². The van der Waals surface area contributed by atoms with Crippen LogP contribution >= 0.6 is 0 Å². The van der Waals surface area contributed by atoms with Gasteiger partial charge in [-0.15, -0.1) is 0 Å². The fourth-order valence-corrected chi connectivity index (χ4v) is 1.82. The number of hydrogen-bond acceptors (Lipinski definition) is 3. The van der Waals surface area contributed by atoms with Crippen molar-refractivity contribution in [3.8, 4) is 5.75 Å². The van der Waals surface area contributed by atoms with Crippen LogP contribution in [0.3, 0.4) is 0 Å². The maximum atomic E-state index is 12.1. The zero-order valence-electron chi connectivity index (χ0n) is 11.7. The second kappa shape index (κ2) is 8.11. The molecule has 0 fully saturated rings. The van der Waals surface area contributed by atoms with E-state index in [4.69, 9.17) is 9.47 Å². The molecule has 0 heterocycles. The molecule has 0 saturated heterocycles. The average molecular weight is 291 g/mol. The molecule has 0 aromatic heterocycles. The van der Waals surface area contributed by atoms with Crippen LogP contribution in [0.25, 0.3) is 0 Å². The molecule has 1 aromatic carbocycles. The molecular weight excluding hydrogens is 271 g/mol. The maximum absolute atomic E-state index is 12.1. The number of methoxy groups -OCH3 is 1. The fourth-order valence-electron chi connectivity index (χ4n) is 1.82. The highest BCUT2D eigenvalue weighted by atomic mass is 19.4. The van der Waals surface area contributed by atoms with Crippen molar-refractivity contribution < 1.29 is 22.6 Å². The molecule has 1 atom stereocenters. The van der Waals surface area contributed by atoms with Gasteiger partial charge < -0.3 is 14.8 Å². The largest absolute Gasteiger partial charge is 0.496 e. The van der Waals surface area contributed by atoms with Crippen LogP contribution in [0.2, 0.25) is 0 Å². The molecule has 3 nitrogen and oxygen atoms in total. The molecule has 0 amide bonds. The summed E-state index contributed by atoms with van der Waals surface area (Å²) >= 11 is 0. The highest BCUT2D eigenvalue weighted by molar-refractivity contribution is 5.35. The maximum Gasteiger partial charge on any atom is 0.411 e. The quantitative estimate of drug-likeness (QED) is 0.797. The molecule has 0 aliphatic carbocycles. The smallest absolute Gasteiger partial charge is 0.411 e. The van der Waals surface area contributed by atoms with Gasteiger partial charge in [0.15, 0.2) is 0 Å². The minimum atomic E-state index is -4.31. The third-order valence-electron chi connectivity index (χ3n) is 2.71. The highest BCUT2D eigenvalue weighted by Crippen LogP contribution is 2.25. The lowest BCUT2D eigenvalue weighted by atomic mass is 10.1. The third kappa shape index (κ3) is 5.79. The average Bonchev–Trinajstić information content (AvgIpc) is 2.41. The third-order valence-corrected chi connectivity index (χ3v) is 2.71. The van der Waals surface area contributed by atoms with Gasteiger partial charge in [0.25, 0.3) is 0 Å². The van der Waals surface area contributed by atoms with Crippen LogP contribution in [0.1, 0.15) is 24.9 Å². The number of halogens is 3. The van der Waals surface area contributed by atoms with Gasteiger partial charge in [0.2, 0.25) is 0 Å². The minimum Gasteiger partial charge on any atom is -0.496 e. The van der Waals surface area contributed by atoms with Crippen molar-refractivity contribution in [2.75, 3.05) is 26.9 Å². The molecule has 1 unspecified atom stereocenters. The molecule has 1 aromatic rings. The van der Waals surface area contributed by atoms with Crippen molar-refractivity contribution in [2.45, 2.75) is 25.6 Å². The summed E-state index contributed by atoms with van der Waals surface area (Å²) in [4.78, 5) is 0. The van der Waals surface area contributed by atoms with Crippen LogP contribution in [0.15, 0.2) is 24.3 Å². The van der Waals surface area contributed by atoms with E-state index in [1.807, 2.05) is 25.1 Å². The van der Waals surface area contributed by atoms with E-state index in [1.165, 1.54) is 7.11 Å². The summed E-state index contributed by atoms with van der Waals surface area (Å²) in [6.07, 6.45) is -3.43. The minimum absolute atomic E-state index is 0.0557. The van der Waals surface area contributed by atoms with Gasteiger partial charge in [0.05, 0.1) is 19.8 Å². The lowest BCUT2D eigenvalue weighted by Gasteiger charge is -2.21. The van der Waals surface area contributed by atoms with E-state index in [-0.39, 0.29) is 12.6 Å². The highest BCUT2D eigenvalue weighted by Gasteiger charge is 2.28. The molecule has 1 rings (SSSR count). The predicted molar refractivity (Wildman–Crippen MR) is 70.9 cm³/mol. The molecule has 0 aliphatic heterocycles. The van der Waals surface area contributed by atoms with E-state index in [0.717, 1.165) is 12.0 Å². The van der Waals surface area contributed by atoms with Gasteiger partial charge in [0.1, 0.15) is 12.4 Å². The number of rotatable bonds is 8. The summed E-state index contributed by atoms with van der Waals surface area (Å²) in [6, 6.07) is 6.91. The molecule has 20 heavy (non-hydrogen) atoms. The van der Waals surface area contributed by atoms with E-state index in [9.17, 15) is 13.2 Å². The molecule has 0 saturated carbocycles. The Labute approximate surface area is 117 Å². The summed E-state index contributed by atoms with van der Waals surface area (Å²) in [6.45, 7) is 1.38. The van der Waals surface area contributed by atoms with Crippen molar-refractivity contribution in [1.82, 2.24) is 5.32 Å². The predicted octanol–water partition coefficient (Wildman–Crippen LogP) is 3.31. The number of hydrogen-bond donors (Lipinski definition) is 1. The molecule has 6 heteroatoms. The summed E-state index contributed by atoms with van der Waals surface area (Å²) in [5.41, 5.74) is 0.797. The van der Waals surface area contributed by atoms with E-state index >= 15 is 0 Å². The van der Waals surface area contributed by atoms with Gasteiger partial charge in [-0.1, -0.05) is 25.1 Å². The van der Waals surface area contributed by atoms with E-state index in [2.05, 4.69) is 5.32 Å². The summed E-state index contributed by atoms with van der Waals surface area (Å²) in [7, 11) is 1.53. The van der Waals surface area contributed by atoms with Crippen molar-refractivity contribution in [1.29, 1.82) is 0 Å². The Morgan fingerprint density at radius 2 is 1.95 bits per heavy atom. The number of benzene rings is 1. The first kappa shape index (κ1) is 16.8. The summed E-state index contributed by atoms with van der Waals surface area (Å²) in [5.74, 6) is 0.636. The van der Waals surface area contributed by atoms with Gasteiger partial charge in [-0.25, -0.2) is 0 Å². The molecule has 114 valence electrons. The van der Waals surface area contributed by atoms with Gasteiger partial charge in [-0.3, -0.25) is 0 Å². The summed E-state index contributed by atoms with van der Waals surface area (Å²) < 4.78 is 46.4. The Morgan fingerprint density at radius 3 is 2.55 bits per heavy atom. The van der Waals surface area contributed by atoms with Crippen LogP contribution in [-0.2, 0) is 4.74 Å². The zero-order valence-corrected chi connectivity index (χ0v) is 11.7. The second-order valence-corrected chi connectivity index (χ2v) is 4.38. The normalized spacial score (nSPS) is 13.2. The van der Waals surface area contributed by atoms with Crippen molar-refractivity contribution in [2.24, 2.45) is 0 Å². The van der Waals surface area contributed by atoms with Crippen LogP contribution in [0.5, 0.6) is 5.75 Å². The van der Waals surface area contributed by atoms with Gasteiger partial charge in [-0.2, -0.15) is 13.2 Å². The van der Waals surface area contributed by atoms with E-state index in [0.29, 0.717) is 12.3 Å². The van der Waals surface area contributed by atoms with Crippen LogP contribution in [-0.4, -0.2) is 33.0 Å². The number of nitrogens with one attached hydrogen (secondary N) is 1. The Morgan fingerprint density at radius 1 is 1.25 bits per heavy atom. The lowest BCUT2D eigenvalue weighted by Crippen LogP contribution is -2.29. The Bertz CT molecular complexity index is 396. The zero-order chi connectivity index (χ0) is 15.0. The molecule has 0 spiro atoms. The summed E-state index contributed by atoms with van der Waals surface area (Å²) in [5, 5.41) is 3.17. The Balaban J connectivity index is 2.72. The van der Waals surface area contributed by atoms with E-state index < -0.39 is 12.8 Å². The van der Waals surface area contributed by atoms with Gasteiger partial charge >= 0.3 is 6.18 Å². The van der Waals surface area contributed by atoms with E-state index in [1.54, 1.807) is 6.07 Å². The Hall–Kier alpha value is -1.27. The first-order valence-electron chi connectivity index (χ1n) is 6.48. The Kier molecular flexibility index (Phi) is 6.81. The number of ether oxygens (including phenoxy) is 2. The first-order valence-corrected chi connectivity index (χ1v) is 6.48. The van der Waals surface area contributed by atoms with Crippen molar-refractivity contribution in [3.63, 3.8) is 0 Å². The first-order chi connectivity index (χ1) is 9.48. The number of alkyl halides is 3. The standard InChI is InChI=1S/C14H20F3NO2/c1-3-8-18-12(9-20-10-14(15,16)17)11-6-4-5-7-13(11)19-2/h4-7,12,18H,3,8-10H2,1-2H3. The van der Waals surface area contributed by atoms with Crippen LogP contribution in [0.4, 0.5) is 13.2 Å². The van der Waals surface area contributed by atoms with Crippen molar-refractivity contribution >= 4 is 0 Å². The van der Waals surface area contributed by atoms with Gasteiger partial charge in [-0.05, 0) is 19.0 Å². The molecular formula is C14H20F3NO2. The molecule has 0 bridgehead atoms. The fraction of sp³-hybridized carbons (Fsp3) is 0.571. The number of para-hydroxylation sites is 1. The monoisotopic (exact) mass is 291 g/mol. The SMILES string of the molecule is CCCNC(COCC(F)(F)F)c1ccccc1OC. The van der Waals surface area contributed by atoms with Crippen LogP contribution in [0, 0.1) is 0 Å². The second-order valence-electron chi connectivity index (χ2n) is 4.38. The molecule has 0 aliphatic rings. The molecule has 1 N–H and O–H groups in total. The van der Waals surface area contributed by atoms with Crippen molar-refractivity contribution in [3.05, 3.63) is 29.8 Å².